The molecule has 1 aromatic rings. The summed E-state index contributed by atoms with van der Waals surface area (Å²) in [5, 5.41) is 14.8. The smallest absolute Gasteiger partial charge is 0.315 e. The Morgan fingerprint density at radius 3 is 2.57 bits per heavy atom. The summed E-state index contributed by atoms with van der Waals surface area (Å²) in [5.74, 6) is -0.0133. The van der Waals surface area contributed by atoms with E-state index < -0.39 is 5.97 Å². The molecule has 0 heterocycles. The fraction of sp³-hybridized carbons (Fsp3) is 0.529. The Hall–Kier alpha value is -1.69. The summed E-state index contributed by atoms with van der Waals surface area (Å²) in [4.78, 5) is 22.9. The van der Waals surface area contributed by atoms with Gasteiger partial charge < -0.3 is 15.7 Å². The molecule has 0 bridgehead atoms. The lowest BCUT2D eigenvalue weighted by Gasteiger charge is -2.26. The SMILES string of the molecule is CSCc1cccc(CNC(=O)NC2CCC(C(=O)O)CC2)c1. The molecule has 0 spiro atoms. The fourth-order valence-corrected chi connectivity index (χ4v) is 3.41. The highest BCUT2D eigenvalue weighted by molar-refractivity contribution is 7.97. The van der Waals surface area contributed by atoms with Crippen LogP contribution in [-0.4, -0.2) is 29.4 Å². The van der Waals surface area contributed by atoms with Gasteiger partial charge >= 0.3 is 12.0 Å². The van der Waals surface area contributed by atoms with Crippen LogP contribution in [0.15, 0.2) is 24.3 Å². The maximum absolute atomic E-state index is 12.0. The van der Waals surface area contributed by atoms with Crippen LogP contribution < -0.4 is 10.6 Å². The molecule has 6 heteroatoms. The van der Waals surface area contributed by atoms with Gasteiger partial charge in [-0.2, -0.15) is 11.8 Å². The van der Waals surface area contributed by atoms with E-state index in [4.69, 9.17) is 5.11 Å². The summed E-state index contributed by atoms with van der Waals surface area (Å²) < 4.78 is 0. The molecule has 5 nitrogen and oxygen atoms in total. The number of nitrogens with one attached hydrogen (secondary N) is 2. The molecule has 0 aliphatic heterocycles. The van der Waals surface area contributed by atoms with Gasteiger partial charge in [-0.15, -0.1) is 0 Å². The van der Waals surface area contributed by atoms with E-state index in [0.29, 0.717) is 19.4 Å². The second-order valence-corrected chi connectivity index (χ2v) is 6.83. The van der Waals surface area contributed by atoms with Crippen molar-refractivity contribution in [2.45, 2.75) is 44.0 Å². The maximum Gasteiger partial charge on any atom is 0.315 e. The highest BCUT2D eigenvalue weighted by atomic mass is 32.2. The minimum absolute atomic E-state index is 0.0772. The Labute approximate surface area is 141 Å². The molecule has 23 heavy (non-hydrogen) atoms. The first-order valence-corrected chi connectivity index (χ1v) is 9.31. The fourth-order valence-electron chi connectivity index (χ4n) is 2.90. The summed E-state index contributed by atoms with van der Waals surface area (Å²) in [7, 11) is 0. The number of thioether (sulfide) groups is 1. The zero-order chi connectivity index (χ0) is 16.7. The predicted molar refractivity (Wildman–Crippen MR) is 92.4 cm³/mol. The van der Waals surface area contributed by atoms with Gasteiger partial charge in [0.25, 0.3) is 0 Å². The minimum atomic E-state index is -0.724. The van der Waals surface area contributed by atoms with Gasteiger partial charge in [-0.05, 0) is 43.1 Å². The molecule has 126 valence electrons. The highest BCUT2D eigenvalue weighted by Gasteiger charge is 2.26. The first-order chi connectivity index (χ1) is 11.1. The number of benzene rings is 1. The third-order valence-electron chi connectivity index (χ3n) is 4.17. The van der Waals surface area contributed by atoms with E-state index in [2.05, 4.69) is 29.0 Å². The normalized spacial score (nSPS) is 20.7. The van der Waals surface area contributed by atoms with Gasteiger partial charge in [0, 0.05) is 18.3 Å². The molecule has 1 aliphatic carbocycles. The van der Waals surface area contributed by atoms with Crippen LogP contribution in [0.25, 0.3) is 0 Å². The monoisotopic (exact) mass is 336 g/mol. The summed E-state index contributed by atoms with van der Waals surface area (Å²) in [6, 6.07) is 8.10. The van der Waals surface area contributed by atoms with Gasteiger partial charge in [0.15, 0.2) is 0 Å². The molecule has 0 atom stereocenters. The van der Waals surface area contributed by atoms with E-state index in [1.165, 1.54) is 5.56 Å². The number of hydrogen-bond acceptors (Lipinski definition) is 3. The average molecular weight is 336 g/mol. The third kappa shape index (κ3) is 5.78. The van der Waals surface area contributed by atoms with Crippen molar-refractivity contribution in [2.75, 3.05) is 6.26 Å². The molecular formula is C17H24N2O3S. The molecule has 1 aromatic carbocycles. The number of carbonyl (C=O) groups excluding carboxylic acids is 1. The van der Waals surface area contributed by atoms with Crippen LogP contribution in [0.4, 0.5) is 4.79 Å². The number of amides is 2. The summed E-state index contributed by atoms with van der Waals surface area (Å²) in [6.07, 6.45) is 4.80. The Morgan fingerprint density at radius 1 is 1.22 bits per heavy atom. The van der Waals surface area contributed by atoms with Crippen LogP contribution in [0.3, 0.4) is 0 Å². The third-order valence-corrected chi connectivity index (χ3v) is 4.79. The average Bonchev–Trinajstić information content (AvgIpc) is 2.54. The van der Waals surface area contributed by atoms with E-state index in [1.807, 2.05) is 12.1 Å². The number of aliphatic carboxylic acids is 1. The van der Waals surface area contributed by atoms with Gasteiger partial charge in [0.1, 0.15) is 0 Å². The Kier molecular flexibility index (Phi) is 6.77. The van der Waals surface area contributed by atoms with Gasteiger partial charge in [-0.1, -0.05) is 24.3 Å². The number of carboxylic acids is 1. The van der Waals surface area contributed by atoms with Gasteiger partial charge in [-0.25, -0.2) is 4.79 Å². The summed E-state index contributed by atoms with van der Waals surface area (Å²) in [5.41, 5.74) is 2.34. The van der Waals surface area contributed by atoms with Crippen LogP contribution in [0.1, 0.15) is 36.8 Å². The van der Waals surface area contributed by atoms with Gasteiger partial charge in [-0.3, -0.25) is 4.79 Å². The quantitative estimate of drug-likeness (QED) is 0.746. The molecule has 1 aliphatic rings. The second kappa shape index (κ2) is 8.82. The van der Waals surface area contributed by atoms with Crippen LogP contribution in [-0.2, 0) is 17.1 Å². The molecule has 1 saturated carbocycles. The van der Waals surface area contributed by atoms with Crippen LogP contribution in [0, 0.1) is 5.92 Å². The molecule has 2 amide bonds. The highest BCUT2D eigenvalue weighted by Crippen LogP contribution is 2.24. The zero-order valence-electron chi connectivity index (χ0n) is 13.4. The van der Waals surface area contributed by atoms with Crippen LogP contribution in [0.2, 0.25) is 0 Å². The van der Waals surface area contributed by atoms with Crippen molar-refractivity contribution in [1.82, 2.24) is 10.6 Å². The minimum Gasteiger partial charge on any atom is -0.481 e. The van der Waals surface area contributed by atoms with Gasteiger partial charge in [0.2, 0.25) is 0 Å². The summed E-state index contributed by atoms with van der Waals surface area (Å²) >= 11 is 1.77. The summed E-state index contributed by atoms with van der Waals surface area (Å²) in [6.45, 7) is 0.499. The Balaban J connectivity index is 1.73. The zero-order valence-corrected chi connectivity index (χ0v) is 14.2. The molecule has 0 saturated heterocycles. The predicted octanol–water partition coefficient (Wildman–Crippen LogP) is 2.99. The second-order valence-electron chi connectivity index (χ2n) is 5.97. The van der Waals surface area contributed by atoms with Crippen LogP contribution in [0.5, 0.6) is 0 Å². The van der Waals surface area contributed by atoms with Crippen molar-refractivity contribution in [3.05, 3.63) is 35.4 Å². The Bertz CT molecular complexity index is 542. The topological polar surface area (TPSA) is 78.4 Å². The van der Waals surface area contributed by atoms with E-state index >= 15 is 0 Å². The van der Waals surface area contributed by atoms with Crippen molar-refractivity contribution in [2.24, 2.45) is 5.92 Å². The van der Waals surface area contributed by atoms with E-state index in [0.717, 1.165) is 24.2 Å². The lowest BCUT2D eigenvalue weighted by Crippen LogP contribution is -2.43. The van der Waals surface area contributed by atoms with E-state index in [-0.39, 0.29) is 18.0 Å². The molecule has 0 unspecified atom stereocenters. The van der Waals surface area contributed by atoms with E-state index in [1.54, 1.807) is 11.8 Å². The first kappa shape index (κ1) is 17.7. The number of hydrogen-bond donors (Lipinski definition) is 3. The lowest BCUT2D eigenvalue weighted by molar-refractivity contribution is -0.142. The number of carbonyl (C=O) groups is 2. The van der Waals surface area contributed by atoms with Crippen molar-refractivity contribution in [1.29, 1.82) is 0 Å². The number of carboxylic acid groups (broad SMARTS) is 1. The molecule has 2 rings (SSSR count). The number of rotatable bonds is 6. The lowest BCUT2D eigenvalue weighted by atomic mass is 9.86. The molecule has 0 radical (unpaired) electrons. The largest absolute Gasteiger partial charge is 0.481 e. The van der Waals surface area contributed by atoms with E-state index in [9.17, 15) is 9.59 Å². The molecule has 3 N–H and O–H groups in total. The number of urea groups is 1. The van der Waals surface area contributed by atoms with Crippen LogP contribution >= 0.6 is 11.8 Å². The van der Waals surface area contributed by atoms with Crippen molar-refractivity contribution < 1.29 is 14.7 Å². The van der Waals surface area contributed by atoms with Crippen molar-refractivity contribution >= 4 is 23.8 Å². The van der Waals surface area contributed by atoms with Gasteiger partial charge in [0.05, 0.1) is 5.92 Å². The van der Waals surface area contributed by atoms with Crippen molar-refractivity contribution in [3.63, 3.8) is 0 Å². The standard InChI is InChI=1S/C17H24N2O3S/c1-23-11-13-4-2-3-12(9-13)10-18-17(22)19-15-7-5-14(6-8-15)16(20)21/h2-4,9,14-15H,5-8,10-11H2,1H3,(H,20,21)(H2,18,19,22). The molecule has 0 aromatic heterocycles. The Morgan fingerprint density at radius 2 is 1.91 bits per heavy atom. The first-order valence-electron chi connectivity index (χ1n) is 7.92. The molecule has 1 fully saturated rings. The maximum atomic E-state index is 12.0. The molecular weight excluding hydrogens is 312 g/mol. The van der Waals surface area contributed by atoms with Crippen molar-refractivity contribution in [3.8, 4) is 0 Å².